The highest BCUT2D eigenvalue weighted by molar-refractivity contribution is 7.89. The van der Waals surface area contributed by atoms with Crippen molar-refractivity contribution in [2.24, 2.45) is 0 Å². The number of nitrogens with zero attached hydrogens (tertiary/aromatic N) is 2. The Balaban J connectivity index is 1.56. The zero-order chi connectivity index (χ0) is 20.4. The van der Waals surface area contributed by atoms with E-state index >= 15 is 0 Å². The average molecular weight is 419 g/mol. The van der Waals surface area contributed by atoms with Crippen molar-refractivity contribution >= 4 is 21.4 Å². The molecule has 0 spiro atoms. The van der Waals surface area contributed by atoms with Crippen molar-refractivity contribution in [1.82, 2.24) is 4.31 Å². The summed E-state index contributed by atoms with van der Waals surface area (Å²) in [6.45, 7) is 1.43. The number of benzene rings is 2. The predicted octanol–water partition coefficient (Wildman–Crippen LogP) is 2.63. The maximum atomic E-state index is 13.1. The summed E-state index contributed by atoms with van der Waals surface area (Å²) in [7, 11) is -3.83. The predicted molar refractivity (Wildman–Crippen MR) is 106 cm³/mol. The Hall–Kier alpha value is -2.85. The molecule has 9 nitrogen and oxygen atoms in total. The molecule has 2 aromatic rings. The highest BCUT2D eigenvalue weighted by Crippen LogP contribution is 2.33. The normalized spacial score (nSPS) is 19.1. The molecule has 2 aliphatic heterocycles. The molecule has 0 aromatic heterocycles. The van der Waals surface area contributed by atoms with E-state index in [0.717, 1.165) is 18.9 Å². The largest absolute Gasteiger partial charge is 0.486 e. The third-order valence-electron chi connectivity index (χ3n) is 4.95. The molecule has 10 heteroatoms. The van der Waals surface area contributed by atoms with Gasteiger partial charge in [-0.2, -0.15) is 4.31 Å². The quantitative estimate of drug-likeness (QED) is 0.566. The molecular weight excluding hydrogens is 398 g/mol. The molecule has 0 amide bonds. The van der Waals surface area contributed by atoms with Crippen LogP contribution in [0.25, 0.3) is 0 Å². The van der Waals surface area contributed by atoms with Crippen molar-refractivity contribution in [3.8, 4) is 11.5 Å². The lowest BCUT2D eigenvalue weighted by atomic mass is 10.2. The van der Waals surface area contributed by atoms with Crippen molar-refractivity contribution in [3.05, 3.63) is 52.6 Å². The van der Waals surface area contributed by atoms with Crippen LogP contribution in [0.4, 0.5) is 11.4 Å². The van der Waals surface area contributed by atoms with Gasteiger partial charge < -0.3 is 14.8 Å². The number of rotatable bonds is 6. The van der Waals surface area contributed by atoms with Crippen LogP contribution in [0, 0.1) is 10.1 Å². The molecule has 0 aliphatic carbocycles. The first-order chi connectivity index (χ1) is 13.9. The fourth-order valence-electron chi connectivity index (χ4n) is 3.44. The number of hydrogen-bond acceptors (Lipinski definition) is 7. The molecular formula is C19H21N3O6S. The van der Waals surface area contributed by atoms with Crippen molar-refractivity contribution in [1.29, 1.82) is 0 Å². The van der Waals surface area contributed by atoms with Gasteiger partial charge in [0.1, 0.15) is 17.6 Å². The van der Waals surface area contributed by atoms with Crippen LogP contribution in [-0.2, 0) is 10.0 Å². The van der Waals surface area contributed by atoms with Crippen LogP contribution in [0.2, 0.25) is 0 Å². The second-order valence-electron chi connectivity index (χ2n) is 6.93. The molecule has 2 aliphatic rings. The van der Waals surface area contributed by atoms with E-state index in [4.69, 9.17) is 9.47 Å². The van der Waals surface area contributed by atoms with Gasteiger partial charge in [-0.15, -0.1) is 0 Å². The smallest absolute Gasteiger partial charge is 0.270 e. The highest BCUT2D eigenvalue weighted by atomic mass is 32.2. The number of sulfonamides is 1. The standard InChI is InChI=1S/C19H21N3O6S/c23-22(24)14-7-8-16(19(11-14)29(25,26)21-9-3-4-10-21)20-12-15-13-27-17-5-1-2-6-18(17)28-15/h1-2,5-8,11,15,20H,3-4,9-10,12-13H2. The maximum absolute atomic E-state index is 13.1. The Morgan fingerprint density at radius 3 is 2.59 bits per heavy atom. The number of para-hydroxylation sites is 2. The number of hydrogen-bond donors (Lipinski definition) is 1. The van der Waals surface area contributed by atoms with Gasteiger partial charge in [-0.1, -0.05) is 12.1 Å². The van der Waals surface area contributed by atoms with Gasteiger partial charge in [-0.25, -0.2) is 8.42 Å². The summed E-state index contributed by atoms with van der Waals surface area (Å²) in [5, 5.41) is 14.3. The lowest BCUT2D eigenvalue weighted by Crippen LogP contribution is -2.36. The summed E-state index contributed by atoms with van der Waals surface area (Å²) in [5.41, 5.74) is 0.0458. The van der Waals surface area contributed by atoms with Gasteiger partial charge in [0.05, 0.1) is 17.2 Å². The minimum absolute atomic E-state index is 0.0919. The number of fused-ring (bicyclic) bond motifs is 1. The molecule has 0 bridgehead atoms. The van der Waals surface area contributed by atoms with Crippen LogP contribution < -0.4 is 14.8 Å². The molecule has 4 rings (SSSR count). The van der Waals surface area contributed by atoms with Crippen LogP contribution in [0.15, 0.2) is 47.4 Å². The Labute approximate surface area is 168 Å². The van der Waals surface area contributed by atoms with Crippen molar-refractivity contribution in [2.45, 2.75) is 23.8 Å². The number of nitro benzene ring substituents is 1. The fraction of sp³-hybridized carbons (Fsp3) is 0.368. The number of nitrogens with one attached hydrogen (secondary N) is 1. The van der Waals surface area contributed by atoms with Crippen LogP contribution >= 0.6 is 0 Å². The minimum atomic E-state index is -3.83. The number of anilines is 1. The van der Waals surface area contributed by atoms with Gasteiger partial charge in [-0.3, -0.25) is 10.1 Å². The number of nitro groups is 1. The van der Waals surface area contributed by atoms with E-state index in [1.54, 1.807) is 6.07 Å². The third kappa shape index (κ3) is 3.99. The summed E-state index contributed by atoms with van der Waals surface area (Å²) in [4.78, 5) is 10.5. The third-order valence-corrected chi connectivity index (χ3v) is 6.89. The topological polar surface area (TPSA) is 111 Å². The Morgan fingerprint density at radius 1 is 1.14 bits per heavy atom. The second kappa shape index (κ2) is 7.88. The molecule has 2 heterocycles. The van der Waals surface area contributed by atoms with Crippen molar-refractivity contribution in [2.75, 3.05) is 31.6 Å². The lowest BCUT2D eigenvalue weighted by molar-refractivity contribution is -0.385. The van der Waals surface area contributed by atoms with E-state index in [9.17, 15) is 18.5 Å². The summed E-state index contributed by atoms with van der Waals surface area (Å²) in [5.74, 6) is 1.29. The van der Waals surface area contributed by atoms with Gasteiger partial charge in [0.2, 0.25) is 10.0 Å². The SMILES string of the molecule is O=[N+]([O-])c1ccc(NCC2COc3ccccc3O2)c(S(=O)(=O)N2CCCC2)c1. The van der Waals surface area contributed by atoms with Crippen molar-refractivity contribution in [3.63, 3.8) is 0 Å². The Kier molecular flexibility index (Phi) is 5.29. The Morgan fingerprint density at radius 2 is 1.86 bits per heavy atom. The van der Waals surface area contributed by atoms with Crippen LogP contribution in [0.5, 0.6) is 11.5 Å². The summed E-state index contributed by atoms with van der Waals surface area (Å²) in [6.07, 6.45) is 1.23. The lowest BCUT2D eigenvalue weighted by Gasteiger charge is -2.27. The van der Waals surface area contributed by atoms with Gasteiger partial charge >= 0.3 is 0 Å². The first-order valence-electron chi connectivity index (χ1n) is 9.36. The monoisotopic (exact) mass is 419 g/mol. The average Bonchev–Trinajstić information content (AvgIpc) is 3.27. The van der Waals surface area contributed by atoms with E-state index in [0.29, 0.717) is 36.9 Å². The van der Waals surface area contributed by atoms with Gasteiger partial charge in [0.15, 0.2) is 11.5 Å². The molecule has 0 radical (unpaired) electrons. The van der Waals surface area contributed by atoms with Gasteiger partial charge in [0.25, 0.3) is 5.69 Å². The van der Waals surface area contributed by atoms with Crippen molar-refractivity contribution < 1.29 is 22.8 Å². The van der Waals surface area contributed by atoms with Gasteiger partial charge in [0, 0.05) is 25.2 Å². The molecule has 1 saturated heterocycles. The zero-order valence-corrected chi connectivity index (χ0v) is 16.4. The van der Waals surface area contributed by atoms with E-state index in [-0.39, 0.29) is 23.2 Å². The van der Waals surface area contributed by atoms with Gasteiger partial charge in [-0.05, 0) is 31.0 Å². The molecule has 1 N–H and O–H groups in total. The molecule has 1 atom stereocenters. The first-order valence-corrected chi connectivity index (χ1v) is 10.8. The second-order valence-corrected chi connectivity index (χ2v) is 8.83. The van der Waals surface area contributed by atoms with E-state index in [2.05, 4.69) is 5.32 Å². The fourth-order valence-corrected chi connectivity index (χ4v) is 5.14. The van der Waals surface area contributed by atoms with E-state index < -0.39 is 14.9 Å². The first kappa shape index (κ1) is 19.5. The number of ether oxygens (including phenoxy) is 2. The summed E-state index contributed by atoms with van der Waals surface area (Å²) in [6, 6.07) is 11.1. The van der Waals surface area contributed by atoms with Crippen LogP contribution in [-0.4, -0.2) is 50.0 Å². The molecule has 29 heavy (non-hydrogen) atoms. The molecule has 1 fully saturated rings. The Bertz CT molecular complexity index is 1020. The minimum Gasteiger partial charge on any atom is -0.486 e. The van der Waals surface area contributed by atoms with Crippen LogP contribution in [0.3, 0.4) is 0 Å². The maximum Gasteiger partial charge on any atom is 0.270 e. The number of non-ortho nitro benzene ring substituents is 1. The summed E-state index contributed by atoms with van der Waals surface area (Å²) < 4.78 is 39.0. The zero-order valence-electron chi connectivity index (χ0n) is 15.6. The molecule has 1 unspecified atom stereocenters. The molecule has 0 saturated carbocycles. The van der Waals surface area contributed by atoms with E-state index in [1.165, 1.54) is 16.4 Å². The highest BCUT2D eigenvalue weighted by Gasteiger charge is 2.31. The molecule has 154 valence electrons. The molecule has 2 aromatic carbocycles. The van der Waals surface area contributed by atoms with Crippen LogP contribution in [0.1, 0.15) is 12.8 Å². The van der Waals surface area contributed by atoms with E-state index in [1.807, 2.05) is 18.2 Å². The summed E-state index contributed by atoms with van der Waals surface area (Å²) >= 11 is 0.